The van der Waals surface area contributed by atoms with Crippen molar-refractivity contribution in [2.75, 3.05) is 19.5 Å². The van der Waals surface area contributed by atoms with E-state index >= 15 is 0 Å². The van der Waals surface area contributed by atoms with E-state index in [9.17, 15) is 0 Å². The second-order valence-corrected chi connectivity index (χ2v) is 5.33. The first-order valence-corrected chi connectivity index (χ1v) is 7.11. The molecule has 0 saturated carbocycles. The molecule has 0 aliphatic rings. The number of methoxy groups -OCH3 is 1. The number of hydrogen-bond donors (Lipinski definition) is 1. The first-order chi connectivity index (χ1) is 9.51. The summed E-state index contributed by atoms with van der Waals surface area (Å²) in [5, 5.41) is 0.977. The number of hydrogen-bond acceptors (Lipinski definition) is 4. The average molecular weight is 276 g/mol. The van der Waals surface area contributed by atoms with Crippen LogP contribution in [0.5, 0.6) is 0 Å². The van der Waals surface area contributed by atoms with E-state index in [2.05, 4.69) is 35.3 Å². The molecule has 5 heteroatoms. The molecule has 1 unspecified atom stereocenters. The van der Waals surface area contributed by atoms with Gasteiger partial charge in [-0.2, -0.15) is 0 Å². The Morgan fingerprint density at radius 3 is 2.55 bits per heavy atom. The van der Waals surface area contributed by atoms with Gasteiger partial charge in [-0.15, -0.1) is 0 Å². The second-order valence-electron chi connectivity index (χ2n) is 5.33. The summed E-state index contributed by atoms with van der Waals surface area (Å²) in [5.74, 6) is 1.28. The highest BCUT2D eigenvalue weighted by molar-refractivity contribution is 5.91. The Morgan fingerprint density at radius 1 is 1.25 bits per heavy atom. The van der Waals surface area contributed by atoms with Crippen molar-refractivity contribution < 1.29 is 4.74 Å². The van der Waals surface area contributed by atoms with Crippen molar-refractivity contribution in [2.24, 2.45) is 0 Å². The maximum absolute atomic E-state index is 6.09. The Balaban J connectivity index is 2.71. The van der Waals surface area contributed by atoms with Crippen LogP contribution in [0.1, 0.15) is 42.9 Å². The molecule has 2 rings (SSSR count). The number of nitrogens with two attached hydrogens (primary N) is 1. The molecule has 2 aromatic rings. The number of rotatable bonds is 5. The highest BCUT2D eigenvalue weighted by Gasteiger charge is 2.21. The molecule has 0 amide bonds. The molecule has 2 heterocycles. The van der Waals surface area contributed by atoms with Crippen LogP contribution in [0.2, 0.25) is 0 Å². The summed E-state index contributed by atoms with van der Waals surface area (Å²) in [6.07, 6.45) is 2.16. The second kappa shape index (κ2) is 5.79. The Bertz CT molecular complexity index is 612. The highest BCUT2D eigenvalue weighted by Crippen LogP contribution is 2.32. The maximum atomic E-state index is 6.09. The zero-order chi connectivity index (χ0) is 14.9. The monoisotopic (exact) mass is 276 g/mol. The van der Waals surface area contributed by atoms with E-state index in [0.29, 0.717) is 18.2 Å². The number of anilines is 1. The fraction of sp³-hybridized carbons (Fsp3) is 0.600. The predicted molar refractivity (Wildman–Crippen MR) is 82.0 cm³/mol. The lowest BCUT2D eigenvalue weighted by atomic mass is 10.1. The van der Waals surface area contributed by atoms with Crippen molar-refractivity contribution >= 4 is 16.9 Å². The van der Waals surface area contributed by atoms with Gasteiger partial charge < -0.3 is 15.0 Å². The van der Waals surface area contributed by atoms with Crippen LogP contribution in [0, 0.1) is 20.8 Å². The van der Waals surface area contributed by atoms with Crippen LogP contribution in [0.25, 0.3) is 11.0 Å². The normalized spacial score (nSPS) is 13.1. The molecular formula is C15H24N4O. The van der Waals surface area contributed by atoms with E-state index < -0.39 is 0 Å². The predicted octanol–water partition coefficient (Wildman–Crippen LogP) is 2.93. The van der Waals surface area contributed by atoms with E-state index in [0.717, 1.165) is 29.4 Å². The number of nitrogen functional groups attached to an aromatic ring is 1. The zero-order valence-electron chi connectivity index (χ0n) is 13.0. The first kappa shape index (κ1) is 14.8. The van der Waals surface area contributed by atoms with Crippen LogP contribution < -0.4 is 5.73 Å². The van der Waals surface area contributed by atoms with Crippen LogP contribution in [-0.2, 0) is 4.74 Å². The molecule has 0 aliphatic heterocycles. The summed E-state index contributed by atoms with van der Waals surface area (Å²) in [5.41, 5.74) is 9.38. The molecule has 2 aromatic heterocycles. The molecule has 20 heavy (non-hydrogen) atoms. The Morgan fingerprint density at radius 2 is 1.95 bits per heavy atom. The van der Waals surface area contributed by atoms with Crippen molar-refractivity contribution in [3.63, 3.8) is 0 Å². The van der Waals surface area contributed by atoms with Gasteiger partial charge in [-0.05, 0) is 32.8 Å². The van der Waals surface area contributed by atoms with Crippen molar-refractivity contribution in [1.29, 1.82) is 0 Å². The minimum atomic E-state index is 0.287. The molecule has 2 N–H and O–H groups in total. The molecule has 0 aliphatic carbocycles. The van der Waals surface area contributed by atoms with E-state index in [-0.39, 0.29) is 6.04 Å². The van der Waals surface area contributed by atoms with Gasteiger partial charge in [-0.1, -0.05) is 13.3 Å². The molecule has 0 spiro atoms. The first-order valence-electron chi connectivity index (χ1n) is 7.11. The minimum Gasteiger partial charge on any atom is -0.383 e. The number of ether oxygens (including phenoxy) is 1. The van der Waals surface area contributed by atoms with Crippen LogP contribution in [-0.4, -0.2) is 28.3 Å². The molecular weight excluding hydrogens is 252 g/mol. The van der Waals surface area contributed by atoms with Crippen molar-refractivity contribution in [1.82, 2.24) is 14.5 Å². The summed E-state index contributed by atoms with van der Waals surface area (Å²) in [7, 11) is 1.74. The maximum Gasteiger partial charge on any atom is 0.146 e. The van der Waals surface area contributed by atoms with E-state index in [1.165, 1.54) is 5.69 Å². The number of nitrogens with zero attached hydrogens (tertiary/aromatic N) is 3. The third kappa shape index (κ3) is 2.38. The van der Waals surface area contributed by atoms with Crippen LogP contribution in [0.4, 0.5) is 5.82 Å². The number of aryl methyl sites for hydroxylation is 2. The lowest BCUT2D eigenvalue weighted by Crippen LogP contribution is -2.16. The molecule has 0 bridgehead atoms. The SMILES string of the molecule is CCCC(COC)n1c(C)c(C)c2c(N)nc(C)nc21. The quantitative estimate of drug-likeness (QED) is 0.911. The van der Waals surface area contributed by atoms with Crippen molar-refractivity contribution in [2.45, 2.75) is 46.6 Å². The summed E-state index contributed by atoms with van der Waals surface area (Å²) >= 11 is 0. The zero-order valence-corrected chi connectivity index (χ0v) is 13.0. The van der Waals surface area contributed by atoms with Gasteiger partial charge >= 0.3 is 0 Å². The molecule has 0 aromatic carbocycles. The average Bonchev–Trinajstić information content (AvgIpc) is 2.61. The Hall–Kier alpha value is -1.62. The summed E-state index contributed by atoms with van der Waals surface area (Å²) in [4.78, 5) is 8.91. The smallest absolute Gasteiger partial charge is 0.146 e. The lowest BCUT2D eigenvalue weighted by molar-refractivity contribution is 0.151. The summed E-state index contributed by atoms with van der Waals surface area (Å²) < 4.78 is 7.66. The van der Waals surface area contributed by atoms with Gasteiger partial charge in [-0.3, -0.25) is 0 Å². The molecule has 0 fully saturated rings. The van der Waals surface area contributed by atoms with Crippen molar-refractivity contribution in [3.05, 3.63) is 17.1 Å². The third-order valence-electron chi connectivity index (χ3n) is 3.88. The van der Waals surface area contributed by atoms with E-state index in [1.54, 1.807) is 7.11 Å². The highest BCUT2D eigenvalue weighted by atomic mass is 16.5. The fourth-order valence-electron chi connectivity index (χ4n) is 2.89. The summed E-state index contributed by atoms with van der Waals surface area (Å²) in [6, 6.07) is 0.287. The van der Waals surface area contributed by atoms with Gasteiger partial charge in [0.15, 0.2) is 0 Å². The minimum absolute atomic E-state index is 0.287. The fourth-order valence-corrected chi connectivity index (χ4v) is 2.89. The van der Waals surface area contributed by atoms with Gasteiger partial charge in [0.05, 0.1) is 18.0 Å². The number of aromatic nitrogens is 3. The van der Waals surface area contributed by atoms with E-state index in [4.69, 9.17) is 10.5 Å². The van der Waals surface area contributed by atoms with Gasteiger partial charge in [0.1, 0.15) is 17.3 Å². The molecule has 110 valence electrons. The van der Waals surface area contributed by atoms with Crippen molar-refractivity contribution in [3.8, 4) is 0 Å². The van der Waals surface area contributed by atoms with E-state index in [1.807, 2.05) is 6.92 Å². The van der Waals surface area contributed by atoms with Crippen LogP contribution in [0.15, 0.2) is 0 Å². The third-order valence-corrected chi connectivity index (χ3v) is 3.88. The Labute approximate surface area is 120 Å². The Kier molecular flexibility index (Phi) is 4.28. The lowest BCUT2D eigenvalue weighted by Gasteiger charge is -2.20. The topological polar surface area (TPSA) is 66.0 Å². The van der Waals surface area contributed by atoms with Gasteiger partial charge in [0, 0.05) is 12.8 Å². The standard InChI is InChI=1S/C15H24N4O/c1-6-7-12(8-20-5)19-10(3)9(2)13-14(16)17-11(4)18-15(13)19/h12H,6-8H2,1-5H3,(H2,16,17,18). The molecule has 0 radical (unpaired) electrons. The molecule has 1 atom stereocenters. The summed E-state index contributed by atoms with van der Waals surface area (Å²) in [6.45, 7) is 8.94. The van der Waals surface area contributed by atoms with Gasteiger partial charge in [0.2, 0.25) is 0 Å². The molecule has 5 nitrogen and oxygen atoms in total. The van der Waals surface area contributed by atoms with Crippen LogP contribution in [0.3, 0.4) is 0 Å². The molecule has 0 saturated heterocycles. The van der Waals surface area contributed by atoms with Crippen LogP contribution >= 0.6 is 0 Å². The van der Waals surface area contributed by atoms with Gasteiger partial charge in [0.25, 0.3) is 0 Å². The largest absolute Gasteiger partial charge is 0.383 e. The van der Waals surface area contributed by atoms with Gasteiger partial charge in [-0.25, -0.2) is 9.97 Å². The number of fused-ring (bicyclic) bond motifs is 1.